The zero-order valence-electron chi connectivity index (χ0n) is 10.8. The van der Waals surface area contributed by atoms with E-state index >= 15 is 0 Å². The number of nitro benzene ring substituents is 1. The van der Waals surface area contributed by atoms with Crippen LogP contribution in [-0.4, -0.2) is 33.5 Å². The Labute approximate surface area is 112 Å². The molecule has 0 spiro atoms. The van der Waals surface area contributed by atoms with Crippen molar-refractivity contribution in [3.05, 3.63) is 33.9 Å². The van der Waals surface area contributed by atoms with Gasteiger partial charge in [-0.15, -0.1) is 0 Å². The zero-order valence-corrected chi connectivity index (χ0v) is 11.7. The summed E-state index contributed by atoms with van der Waals surface area (Å²) in [6.07, 6.45) is 0.607. The first-order valence-corrected chi connectivity index (χ1v) is 7.26. The Morgan fingerprint density at radius 1 is 1.32 bits per heavy atom. The van der Waals surface area contributed by atoms with Crippen molar-refractivity contribution in [2.24, 2.45) is 0 Å². The molecule has 0 aromatic heterocycles. The normalized spacial score (nSPS) is 11.5. The fourth-order valence-electron chi connectivity index (χ4n) is 1.67. The Bertz CT molecular complexity index is 557. The van der Waals surface area contributed by atoms with Gasteiger partial charge in [0.15, 0.2) is 4.90 Å². The van der Waals surface area contributed by atoms with Crippen molar-refractivity contribution in [3.63, 3.8) is 0 Å². The van der Waals surface area contributed by atoms with E-state index in [2.05, 4.69) is 10.0 Å². The van der Waals surface area contributed by atoms with Crippen LogP contribution in [0.25, 0.3) is 0 Å². The van der Waals surface area contributed by atoms with Crippen molar-refractivity contribution in [3.8, 4) is 0 Å². The maximum absolute atomic E-state index is 12.1. The van der Waals surface area contributed by atoms with Gasteiger partial charge in [-0.05, 0) is 32.5 Å². The quantitative estimate of drug-likeness (QED) is 0.438. The van der Waals surface area contributed by atoms with Crippen LogP contribution in [0.5, 0.6) is 0 Å². The SMILES string of the molecule is CNCCCNS(=O)(=O)c1c(C)cccc1[N+](=O)[O-]. The van der Waals surface area contributed by atoms with E-state index < -0.39 is 20.6 Å². The van der Waals surface area contributed by atoms with Gasteiger partial charge in [0.25, 0.3) is 5.69 Å². The van der Waals surface area contributed by atoms with Crippen LogP contribution in [0.3, 0.4) is 0 Å². The molecule has 1 aromatic carbocycles. The third-order valence-corrected chi connectivity index (χ3v) is 4.20. The number of benzene rings is 1. The molecule has 0 aliphatic heterocycles. The van der Waals surface area contributed by atoms with Crippen LogP contribution in [0.2, 0.25) is 0 Å². The molecule has 0 atom stereocenters. The van der Waals surface area contributed by atoms with Gasteiger partial charge in [0.1, 0.15) is 0 Å². The highest BCUT2D eigenvalue weighted by Gasteiger charge is 2.27. The number of nitrogens with one attached hydrogen (secondary N) is 2. The third-order valence-electron chi connectivity index (χ3n) is 2.55. The molecule has 0 aliphatic carbocycles. The number of sulfonamides is 1. The lowest BCUT2D eigenvalue weighted by molar-refractivity contribution is -0.387. The highest BCUT2D eigenvalue weighted by Crippen LogP contribution is 2.26. The monoisotopic (exact) mass is 287 g/mol. The summed E-state index contributed by atoms with van der Waals surface area (Å²) < 4.78 is 26.6. The molecule has 0 fully saturated rings. The second-order valence-corrected chi connectivity index (χ2v) is 5.74. The predicted octanol–water partition coefficient (Wildman–Crippen LogP) is 0.791. The van der Waals surface area contributed by atoms with Gasteiger partial charge in [-0.1, -0.05) is 12.1 Å². The number of nitrogens with zero attached hydrogens (tertiary/aromatic N) is 1. The predicted molar refractivity (Wildman–Crippen MR) is 71.6 cm³/mol. The largest absolute Gasteiger partial charge is 0.320 e. The van der Waals surface area contributed by atoms with Gasteiger partial charge in [-0.3, -0.25) is 10.1 Å². The van der Waals surface area contributed by atoms with E-state index in [0.717, 1.165) is 0 Å². The summed E-state index contributed by atoms with van der Waals surface area (Å²) in [7, 11) is -2.10. The second kappa shape index (κ2) is 6.60. The van der Waals surface area contributed by atoms with E-state index in [0.29, 0.717) is 18.5 Å². The van der Waals surface area contributed by atoms with Gasteiger partial charge in [-0.2, -0.15) is 0 Å². The number of nitro groups is 1. The number of hydrogen-bond acceptors (Lipinski definition) is 5. The minimum Gasteiger partial charge on any atom is -0.320 e. The molecule has 2 N–H and O–H groups in total. The molecule has 0 bridgehead atoms. The van der Waals surface area contributed by atoms with Crippen molar-refractivity contribution in [1.29, 1.82) is 0 Å². The van der Waals surface area contributed by atoms with Crippen LogP contribution in [0.4, 0.5) is 5.69 Å². The van der Waals surface area contributed by atoms with Gasteiger partial charge < -0.3 is 5.32 Å². The molecule has 0 saturated heterocycles. The molecular formula is C11H17N3O4S. The van der Waals surface area contributed by atoms with Gasteiger partial charge in [-0.25, -0.2) is 13.1 Å². The fraction of sp³-hybridized carbons (Fsp3) is 0.455. The molecule has 0 aliphatic rings. The molecular weight excluding hydrogens is 270 g/mol. The molecule has 8 heteroatoms. The second-order valence-electron chi connectivity index (χ2n) is 4.04. The highest BCUT2D eigenvalue weighted by molar-refractivity contribution is 7.89. The van der Waals surface area contributed by atoms with Gasteiger partial charge >= 0.3 is 0 Å². The van der Waals surface area contributed by atoms with E-state index in [1.165, 1.54) is 25.1 Å². The van der Waals surface area contributed by atoms with E-state index in [1.807, 2.05) is 0 Å². The molecule has 0 radical (unpaired) electrons. The Kier molecular flexibility index (Phi) is 5.40. The van der Waals surface area contributed by atoms with Crippen LogP contribution in [-0.2, 0) is 10.0 Å². The summed E-state index contributed by atoms with van der Waals surface area (Å²) in [4.78, 5) is 9.96. The average Bonchev–Trinajstić information content (AvgIpc) is 2.34. The van der Waals surface area contributed by atoms with Crippen molar-refractivity contribution >= 4 is 15.7 Å². The fourth-order valence-corrected chi connectivity index (χ4v) is 3.14. The van der Waals surface area contributed by atoms with E-state index in [1.54, 1.807) is 7.05 Å². The van der Waals surface area contributed by atoms with Gasteiger partial charge in [0.05, 0.1) is 4.92 Å². The smallest absolute Gasteiger partial charge is 0.289 e. The number of aryl methyl sites for hydroxylation is 1. The zero-order chi connectivity index (χ0) is 14.5. The third kappa shape index (κ3) is 3.98. The topological polar surface area (TPSA) is 101 Å². The lowest BCUT2D eigenvalue weighted by Crippen LogP contribution is -2.28. The molecule has 1 aromatic rings. The minimum atomic E-state index is -3.87. The lowest BCUT2D eigenvalue weighted by Gasteiger charge is -2.09. The summed E-state index contributed by atoms with van der Waals surface area (Å²) in [5, 5.41) is 13.8. The lowest BCUT2D eigenvalue weighted by atomic mass is 10.2. The molecule has 0 heterocycles. The summed E-state index contributed by atoms with van der Waals surface area (Å²) in [5.41, 5.74) is -0.0450. The van der Waals surface area contributed by atoms with Crippen LogP contribution in [0.15, 0.2) is 23.1 Å². The highest BCUT2D eigenvalue weighted by atomic mass is 32.2. The Morgan fingerprint density at radius 3 is 2.58 bits per heavy atom. The van der Waals surface area contributed by atoms with Crippen molar-refractivity contribution < 1.29 is 13.3 Å². The number of rotatable bonds is 7. The van der Waals surface area contributed by atoms with E-state index in [-0.39, 0.29) is 11.4 Å². The van der Waals surface area contributed by atoms with Gasteiger partial charge in [0, 0.05) is 12.6 Å². The molecule has 7 nitrogen and oxygen atoms in total. The molecule has 0 saturated carbocycles. The van der Waals surface area contributed by atoms with Crippen molar-refractivity contribution in [1.82, 2.24) is 10.0 Å². The molecule has 106 valence electrons. The molecule has 0 amide bonds. The van der Waals surface area contributed by atoms with E-state index in [4.69, 9.17) is 0 Å². The van der Waals surface area contributed by atoms with E-state index in [9.17, 15) is 18.5 Å². The van der Waals surface area contributed by atoms with Crippen LogP contribution < -0.4 is 10.0 Å². The van der Waals surface area contributed by atoms with Crippen molar-refractivity contribution in [2.45, 2.75) is 18.2 Å². The molecule has 0 unspecified atom stereocenters. The van der Waals surface area contributed by atoms with Crippen LogP contribution >= 0.6 is 0 Å². The minimum absolute atomic E-state index is 0.231. The standard InChI is InChI=1S/C11H17N3O4S/c1-9-5-3-6-10(14(15)16)11(9)19(17,18)13-8-4-7-12-2/h3,5-6,12-13H,4,7-8H2,1-2H3. The first kappa shape index (κ1) is 15.5. The Balaban J connectivity index is 3.04. The maximum atomic E-state index is 12.1. The summed E-state index contributed by atoms with van der Waals surface area (Å²) in [5.74, 6) is 0. The summed E-state index contributed by atoms with van der Waals surface area (Å²) in [6, 6.07) is 4.19. The summed E-state index contributed by atoms with van der Waals surface area (Å²) in [6.45, 7) is 2.43. The number of hydrogen-bond donors (Lipinski definition) is 2. The molecule has 19 heavy (non-hydrogen) atoms. The average molecular weight is 287 g/mol. The van der Waals surface area contributed by atoms with Crippen molar-refractivity contribution in [2.75, 3.05) is 20.1 Å². The summed E-state index contributed by atoms with van der Waals surface area (Å²) >= 11 is 0. The first-order chi connectivity index (χ1) is 8.90. The first-order valence-electron chi connectivity index (χ1n) is 5.78. The van der Waals surface area contributed by atoms with Crippen LogP contribution in [0.1, 0.15) is 12.0 Å². The Morgan fingerprint density at radius 2 is 2.00 bits per heavy atom. The van der Waals surface area contributed by atoms with Gasteiger partial charge in [0.2, 0.25) is 10.0 Å². The Hall–Kier alpha value is -1.51. The molecule has 1 rings (SSSR count). The van der Waals surface area contributed by atoms with Crippen LogP contribution in [0, 0.1) is 17.0 Å². The maximum Gasteiger partial charge on any atom is 0.289 e.